The number of carbonyl (C=O) groups is 1. The van der Waals surface area contributed by atoms with Crippen LogP contribution in [0.15, 0.2) is 24.3 Å². The van der Waals surface area contributed by atoms with E-state index in [0.29, 0.717) is 23.9 Å². The molecule has 19 heavy (non-hydrogen) atoms. The van der Waals surface area contributed by atoms with Crippen molar-refractivity contribution in [2.75, 3.05) is 31.4 Å². The van der Waals surface area contributed by atoms with Crippen molar-refractivity contribution in [1.29, 1.82) is 0 Å². The van der Waals surface area contributed by atoms with Crippen LogP contribution in [0.3, 0.4) is 0 Å². The molecule has 0 spiro atoms. The Hall–Kier alpha value is -1.22. The minimum absolute atomic E-state index is 0.0103. The highest BCUT2D eigenvalue weighted by Gasteiger charge is 2.06. The number of carbonyl (C=O) groups excluding carboxylic acids is 1. The van der Waals surface area contributed by atoms with E-state index >= 15 is 0 Å². The van der Waals surface area contributed by atoms with Gasteiger partial charge in [-0.15, -0.1) is 11.6 Å². The van der Waals surface area contributed by atoms with Gasteiger partial charge in [-0.3, -0.25) is 4.79 Å². The first-order valence-electron chi connectivity index (χ1n) is 6.66. The monoisotopic (exact) mass is 282 g/mol. The summed E-state index contributed by atoms with van der Waals surface area (Å²) in [6, 6.07) is 7.60. The van der Waals surface area contributed by atoms with Crippen molar-refractivity contribution < 1.29 is 4.79 Å². The fourth-order valence-corrected chi connectivity index (χ4v) is 1.90. The van der Waals surface area contributed by atoms with Crippen molar-refractivity contribution >= 4 is 23.2 Å². The summed E-state index contributed by atoms with van der Waals surface area (Å²) in [4.78, 5) is 13.9. The van der Waals surface area contributed by atoms with E-state index in [9.17, 15) is 4.79 Å². The molecule has 1 amide bonds. The maximum atomic E-state index is 11.9. The summed E-state index contributed by atoms with van der Waals surface area (Å²) in [5.41, 5.74) is 1.79. The molecule has 0 aliphatic carbocycles. The summed E-state index contributed by atoms with van der Waals surface area (Å²) < 4.78 is 0. The molecule has 1 unspecified atom stereocenters. The molecular formula is C15H23ClN2O. The minimum Gasteiger partial charge on any atom is -0.378 e. The summed E-state index contributed by atoms with van der Waals surface area (Å²) in [5.74, 6) is 1.18. The minimum atomic E-state index is -0.0103. The van der Waals surface area contributed by atoms with E-state index in [1.54, 1.807) is 0 Å². The predicted molar refractivity (Wildman–Crippen MR) is 82.2 cm³/mol. The van der Waals surface area contributed by atoms with Gasteiger partial charge < -0.3 is 10.2 Å². The molecule has 1 aromatic rings. The molecule has 1 aromatic carbocycles. The SMILES string of the molecule is CC(CCl)CCCNC(=O)c1ccc(N(C)C)cc1. The molecule has 3 nitrogen and oxygen atoms in total. The highest BCUT2D eigenvalue weighted by Crippen LogP contribution is 2.12. The van der Waals surface area contributed by atoms with Crippen molar-refractivity contribution in [2.24, 2.45) is 5.92 Å². The molecule has 1 atom stereocenters. The third-order valence-electron chi connectivity index (χ3n) is 3.07. The average Bonchev–Trinajstić information content (AvgIpc) is 2.43. The maximum Gasteiger partial charge on any atom is 0.251 e. The van der Waals surface area contributed by atoms with Crippen LogP contribution < -0.4 is 10.2 Å². The molecule has 106 valence electrons. The Kier molecular flexibility index (Phi) is 6.71. The lowest BCUT2D eigenvalue weighted by Gasteiger charge is -2.13. The number of alkyl halides is 1. The van der Waals surface area contributed by atoms with Crippen LogP contribution >= 0.6 is 11.6 Å². The number of nitrogens with zero attached hydrogens (tertiary/aromatic N) is 1. The van der Waals surface area contributed by atoms with Crippen molar-refractivity contribution in [1.82, 2.24) is 5.32 Å². The highest BCUT2D eigenvalue weighted by molar-refractivity contribution is 6.18. The largest absolute Gasteiger partial charge is 0.378 e. The molecule has 1 rings (SSSR count). The Morgan fingerprint density at radius 2 is 1.95 bits per heavy atom. The molecule has 0 fully saturated rings. The Bertz CT molecular complexity index is 390. The van der Waals surface area contributed by atoms with E-state index in [1.807, 2.05) is 43.3 Å². The quantitative estimate of drug-likeness (QED) is 0.615. The maximum absolute atomic E-state index is 11.9. The third kappa shape index (κ3) is 5.52. The second-order valence-corrected chi connectivity index (χ2v) is 5.41. The first kappa shape index (κ1) is 15.8. The summed E-state index contributed by atoms with van der Waals surface area (Å²) in [6.07, 6.45) is 2.01. The van der Waals surface area contributed by atoms with Crippen LogP contribution in [0, 0.1) is 5.92 Å². The van der Waals surface area contributed by atoms with Gasteiger partial charge in [-0.25, -0.2) is 0 Å². The molecule has 1 N–H and O–H groups in total. The van der Waals surface area contributed by atoms with Gasteiger partial charge in [-0.2, -0.15) is 0 Å². The topological polar surface area (TPSA) is 32.3 Å². The number of anilines is 1. The number of halogens is 1. The standard InChI is InChI=1S/C15H23ClN2O/c1-12(11-16)5-4-10-17-15(19)13-6-8-14(9-7-13)18(2)3/h6-9,12H,4-5,10-11H2,1-3H3,(H,17,19). The van der Waals surface area contributed by atoms with E-state index in [4.69, 9.17) is 11.6 Å². The van der Waals surface area contributed by atoms with Crippen LogP contribution in [0.2, 0.25) is 0 Å². The number of rotatable bonds is 7. The van der Waals surface area contributed by atoms with Crippen molar-refractivity contribution in [3.8, 4) is 0 Å². The zero-order valence-corrected chi connectivity index (χ0v) is 12.7. The lowest BCUT2D eigenvalue weighted by Crippen LogP contribution is -2.24. The number of benzene rings is 1. The number of amides is 1. The van der Waals surface area contributed by atoms with Crippen LogP contribution in [-0.4, -0.2) is 32.4 Å². The number of nitrogens with one attached hydrogen (secondary N) is 1. The second kappa shape index (κ2) is 8.05. The predicted octanol–water partition coefficient (Wildman–Crippen LogP) is 3.14. The molecule has 0 bridgehead atoms. The van der Waals surface area contributed by atoms with E-state index in [-0.39, 0.29) is 5.91 Å². The van der Waals surface area contributed by atoms with Crippen LogP contribution in [-0.2, 0) is 0 Å². The summed E-state index contributed by atoms with van der Waals surface area (Å²) in [5, 5.41) is 2.93. The molecule has 0 aliphatic heterocycles. The van der Waals surface area contributed by atoms with Crippen LogP contribution in [0.4, 0.5) is 5.69 Å². The van der Waals surface area contributed by atoms with E-state index < -0.39 is 0 Å². The molecule has 0 aliphatic rings. The van der Waals surface area contributed by atoms with E-state index in [0.717, 1.165) is 18.5 Å². The Balaban J connectivity index is 2.37. The smallest absolute Gasteiger partial charge is 0.251 e. The van der Waals surface area contributed by atoms with Crippen LogP contribution in [0.5, 0.6) is 0 Å². The summed E-state index contributed by atoms with van der Waals surface area (Å²) >= 11 is 5.74. The first-order valence-corrected chi connectivity index (χ1v) is 7.19. The van der Waals surface area contributed by atoms with Gasteiger partial charge in [-0.05, 0) is 43.0 Å². The van der Waals surface area contributed by atoms with Gasteiger partial charge in [0.05, 0.1) is 0 Å². The Morgan fingerprint density at radius 1 is 1.32 bits per heavy atom. The van der Waals surface area contributed by atoms with Crippen molar-refractivity contribution in [2.45, 2.75) is 19.8 Å². The molecule has 0 saturated carbocycles. The zero-order valence-electron chi connectivity index (χ0n) is 11.9. The molecule has 0 radical (unpaired) electrons. The Morgan fingerprint density at radius 3 is 2.47 bits per heavy atom. The van der Waals surface area contributed by atoms with Crippen LogP contribution in [0.1, 0.15) is 30.1 Å². The molecule has 4 heteroatoms. The normalized spacial score (nSPS) is 12.0. The second-order valence-electron chi connectivity index (χ2n) is 5.10. The lowest BCUT2D eigenvalue weighted by atomic mass is 10.1. The van der Waals surface area contributed by atoms with E-state index in [1.165, 1.54) is 0 Å². The summed E-state index contributed by atoms with van der Waals surface area (Å²) in [6.45, 7) is 2.82. The lowest BCUT2D eigenvalue weighted by molar-refractivity contribution is 0.0952. The number of hydrogen-bond donors (Lipinski definition) is 1. The van der Waals surface area contributed by atoms with Gasteiger partial charge in [-0.1, -0.05) is 6.92 Å². The van der Waals surface area contributed by atoms with Gasteiger partial charge in [0.15, 0.2) is 0 Å². The van der Waals surface area contributed by atoms with Gasteiger partial charge in [0.1, 0.15) is 0 Å². The van der Waals surface area contributed by atoms with Crippen molar-refractivity contribution in [3.05, 3.63) is 29.8 Å². The zero-order chi connectivity index (χ0) is 14.3. The average molecular weight is 283 g/mol. The van der Waals surface area contributed by atoms with Crippen LogP contribution in [0.25, 0.3) is 0 Å². The fourth-order valence-electron chi connectivity index (χ4n) is 1.74. The third-order valence-corrected chi connectivity index (χ3v) is 3.60. The van der Waals surface area contributed by atoms with Gasteiger partial charge in [0.25, 0.3) is 5.91 Å². The van der Waals surface area contributed by atoms with Crippen molar-refractivity contribution in [3.63, 3.8) is 0 Å². The summed E-state index contributed by atoms with van der Waals surface area (Å²) in [7, 11) is 3.96. The fraction of sp³-hybridized carbons (Fsp3) is 0.533. The first-order chi connectivity index (χ1) is 9.04. The Labute approximate surface area is 120 Å². The molecule has 0 aromatic heterocycles. The van der Waals surface area contributed by atoms with Gasteiger partial charge >= 0.3 is 0 Å². The van der Waals surface area contributed by atoms with Gasteiger partial charge in [0.2, 0.25) is 0 Å². The molecule has 0 saturated heterocycles. The van der Waals surface area contributed by atoms with E-state index in [2.05, 4.69) is 12.2 Å². The highest BCUT2D eigenvalue weighted by atomic mass is 35.5. The number of hydrogen-bond acceptors (Lipinski definition) is 2. The van der Waals surface area contributed by atoms with Gasteiger partial charge in [0, 0.05) is 37.8 Å². The molecular weight excluding hydrogens is 260 g/mol. The molecule has 0 heterocycles.